The average Bonchev–Trinajstić information content (AvgIpc) is 2.68. The number of anilines is 2. The number of amides is 1. The molecule has 2 aromatic carbocycles. The number of carbonyl (C=O) groups excluding carboxylic acids is 1. The molecule has 0 spiro atoms. The zero-order chi connectivity index (χ0) is 18.4. The van der Waals surface area contributed by atoms with Crippen molar-refractivity contribution < 1.29 is 9.18 Å². The van der Waals surface area contributed by atoms with Gasteiger partial charge < -0.3 is 10.6 Å². The number of aromatic nitrogens is 2. The van der Waals surface area contributed by atoms with E-state index in [4.69, 9.17) is 5.26 Å². The van der Waals surface area contributed by atoms with Gasteiger partial charge in [-0.2, -0.15) is 5.26 Å². The van der Waals surface area contributed by atoms with Gasteiger partial charge in [0.25, 0.3) is 5.91 Å². The molecule has 128 valence electrons. The topological polar surface area (TPSA) is 90.7 Å². The fourth-order valence-electron chi connectivity index (χ4n) is 2.23. The largest absolute Gasteiger partial charge is 0.347 e. The molecular formula is C19H14FN5O. The minimum atomic E-state index is -0.381. The predicted molar refractivity (Wildman–Crippen MR) is 94.0 cm³/mol. The lowest BCUT2D eigenvalue weighted by Gasteiger charge is -2.08. The minimum absolute atomic E-state index is 0.180. The van der Waals surface area contributed by atoms with Crippen molar-refractivity contribution in [1.29, 1.82) is 5.26 Å². The van der Waals surface area contributed by atoms with E-state index in [9.17, 15) is 9.18 Å². The Balaban J connectivity index is 1.69. The average molecular weight is 347 g/mol. The first kappa shape index (κ1) is 17.0. The highest BCUT2D eigenvalue weighted by Crippen LogP contribution is 2.17. The van der Waals surface area contributed by atoms with Gasteiger partial charge in [-0.25, -0.2) is 14.4 Å². The number of halogens is 1. The second kappa shape index (κ2) is 7.85. The number of nitrogens with one attached hydrogen (secondary N) is 2. The van der Waals surface area contributed by atoms with Gasteiger partial charge in [0.15, 0.2) is 0 Å². The summed E-state index contributed by atoms with van der Waals surface area (Å²) in [5, 5.41) is 14.8. The fraction of sp³-hybridized carbons (Fsp3) is 0.0526. The van der Waals surface area contributed by atoms with Gasteiger partial charge in [0.1, 0.15) is 17.6 Å². The first-order chi connectivity index (χ1) is 12.7. The second-order valence-electron chi connectivity index (χ2n) is 5.36. The Morgan fingerprint density at radius 3 is 2.65 bits per heavy atom. The first-order valence-corrected chi connectivity index (χ1v) is 7.77. The molecule has 26 heavy (non-hydrogen) atoms. The number of nitrogens with zero attached hydrogens (tertiary/aromatic N) is 3. The molecule has 6 nitrogen and oxygen atoms in total. The van der Waals surface area contributed by atoms with Crippen molar-refractivity contribution in [2.45, 2.75) is 6.54 Å². The molecule has 0 fully saturated rings. The zero-order valence-electron chi connectivity index (χ0n) is 13.6. The normalized spacial score (nSPS) is 10.0. The first-order valence-electron chi connectivity index (χ1n) is 7.77. The highest BCUT2D eigenvalue weighted by Gasteiger charge is 2.10. The van der Waals surface area contributed by atoms with Crippen LogP contribution in [0.25, 0.3) is 0 Å². The van der Waals surface area contributed by atoms with Crippen LogP contribution in [0.5, 0.6) is 0 Å². The Morgan fingerprint density at radius 1 is 1.12 bits per heavy atom. The lowest BCUT2D eigenvalue weighted by atomic mass is 10.2. The highest BCUT2D eigenvalue weighted by molar-refractivity contribution is 5.92. The van der Waals surface area contributed by atoms with E-state index in [0.717, 1.165) is 5.56 Å². The van der Waals surface area contributed by atoms with Crippen molar-refractivity contribution in [3.05, 3.63) is 83.4 Å². The van der Waals surface area contributed by atoms with E-state index < -0.39 is 0 Å². The number of para-hydroxylation sites is 1. The lowest BCUT2D eigenvalue weighted by molar-refractivity contribution is 0.0946. The number of hydrogen-bond acceptors (Lipinski definition) is 5. The van der Waals surface area contributed by atoms with Crippen molar-refractivity contribution in [2.75, 3.05) is 5.32 Å². The predicted octanol–water partition coefficient (Wildman–Crippen LogP) is 3.16. The summed E-state index contributed by atoms with van der Waals surface area (Å²) in [7, 11) is 0. The van der Waals surface area contributed by atoms with Crippen LogP contribution >= 0.6 is 0 Å². The third kappa shape index (κ3) is 4.19. The van der Waals surface area contributed by atoms with Crippen LogP contribution in [0.1, 0.15) is 21.6 Å². The van der Waals surface area contributed by atoms with Crippen molar-refractivity contribution in [2.24, 2.45) is 0 Å². The molecule has 2 N–H and O–H groups in total. The van der Waals surface area contributed by atoms with Crippen molar-refractivity contribution in [3.8, 4) is 6.07 Å². The Kier molecular flexibility index (Phi) is 5.15. The quantitative estimate of drug-likeness (QED) is 0.740. The van der Waals surface area contributed by atoms with E-state index >= 15 is 0 Å². The maximum absolute atomic E-state index is 12.9. The molecule has 1 amide bonds. The van der Waals surface area contributed by atoms with Crippen LogP contribution < -0.4 is 10.6 Å². The minimum Gasteiger partial charge on any atom is -0.347 e. The van der Waals surface area contributed by atoms with E-state index in [-0.39, 0.29) is 29.9 Å². The van der Waals surface area contributed by atoms with Crippen LogP contribution in [0, 0.1) is 17.1 Å². The van der Waals surface area contributed by atoms with Crippen LogP contribution in [-0.4, -0.2) is 15.9 Å². The third-order valence-corrected chi connectivity index (χ3v) is 3.55. The standard InChI is InChI=1S/C19H14FN5O/c20-15-7-5-13(6-8-15)12-23-18(26)17-9-10-22-19(25-17)24-16-4-2-1-3-14(16)11-21/h1-10H,12H2,(H,23,26)(H,22,24,25). The zero-order valence-corrected chi connectivity index (χ0v) is 13.6. The summed E-state index contributed by atoms with van der Waals surface area (Å²) < 4.78 is 12.9. The molecule has 0 saturated carbocycles. The fourth-order valence-corrected chi connectivity index (χ4v) is 2.23. The summed E-state index contributed by atoms with van der Waals surface area (Å²) in [5.74, 6) is -0.500. The Labute approximate surface area is 149 Å². The second-order valence-corrected chi connectivity index (χ2v) is 5.36. The summed E-state index contributed by atoms with van der Waals surface area (Å²) in [4.78, 5) is 20.5. The van der Waals surface area contributed by atoms with Crippen LogP contribution in [-0.2, 0) is 6.54 Å². The molecule has 0 aliphatic carbocycles. The van der Waals surface area contributed by atoms with Gasteiger partial charge in [0.2, 0.25) is 5.95 Å². The van der Waals surface area contributed by atoms with E-state index in [0.29, 0.717) is 11.3 Å². The molecule has 0 aliphatic heterocycles. The summed E-state index contributed by atoms with van der Waals surface area (Å²) in [6, 6.07) is 16.4. The molecule has 0 unspecified atom stereocenters. The molecule has 1 aromatic heterocycles. The molecule has 7 heteroatoms. The molecule has 0 radical (unpaired) electrons. The van der Waals surface area contributed by atoms with E-state index in [2.05, 4.69) is 26.7 Å². The summed E-state index contributed by atoms with van der Waals surface area (Å²) >= 11 is 0. The van der Waals surface area contributed by atoms with Crippen LogP contribution in [0.15, 0.2) is 60.8 Å². The molecular weight excluding hydrogens is 333 g/mol. The summed E-state index contributed by atoms with van der Waals surface area (Å²) in [6.07, 6.45) is 1.46. The molecule has 1 heterocycles. The van der Waals surface area contributed by atoms with Gasteiger partial charge in [0.05, 0.1) is 11.3 Å². The number of nitriles is 1. The Bertz CT molecular complexity index is 966. The smallest absolute Gasteiger partial charge is 0.270 e. The van der Waals surface area contributed by atoms with Gasteiger partial charge in [-0.3, -0.25) is 4.79 Å². The molecule has 0 atom stereocenters. The monoisotopic (exact) mass is 347 g/mol. The van der Waals surface area contributed by atoms with Crippen LogP contribution in [0.3, 0.4) is 0 Å². The number of carbonyl (C=O) groups is 1. The van der Waals surface area contributed by atoms with Crippen LogP contribution in [0.2, 0.25) is 0 Å². The van der Waals surface area contributed by atoms with Crippen molar-refractivity contribution in [3.63, 3.8) is 0 Å². The lowest BCUT2D eigenvalue weighted by Crippen LogP contribution is -2.24. The number of hydrogen-bond donors (Lipinski definition) is 2. The Hall–Kier alpha value is -3.79. The van der Waals surface area contributed by atoms with Gasteiger partial charge >= 0.3 is 0 Å². The van der Waals surface area contributed by atoms with E-state index in [1.54, 1.807) is 36.4 Å². The van der Waals surface area contributed by atoms with E-state index in [1.165, 1.54) is 24.4 Å². The molecule has 0 saturated heterocycles. The Morgan fingerprint density at radius 2 is 1.88 bits per heavy atom. The van der Waals surface area contributed by atoms with Crippen molar-refractivity contribution >= 4 is 17.5 Å². The maximum Gasteiger partial charge on any atom is 0.270 e. The van der Waals surface area contributed by atoms with Gasteiger partial charge in [-0.05, 0) is 35.9 Å². The van der Waals surface area contributed by atoms with Gasteiger partial charge in [-0.15, -0.1) is 0 Å². The molecule has 0 aliphatic rings. The van der Waals surface area contributed by atoms with E-state index in [1.807, 2.05) is 0 Å². The summed E-state index contributed by atoms with van der Waals surface area (Å²) in [5.41, 5.74) is 1.95. The third-order valence-electron chi connectivity index (χ3n) is 3.55. The molecule has 3 rings (SSSR count). The number of benzene rings is 2. The molecule has 0 bridgehead atoms. The van der Waals surface area contributed by atoms with Gasteiger partial charge in [-0.1, -0.05) is 24.3 Å². The number of rotatable bonds is 5. The van der Waals surface area contributed by atoms with Crippen LogP contribution in [0.4, 0.5) is 16.0 Å². The maximum atomic E-state index is 12.9. The molecule has 3 aromatic rings. The van der Waals surface area contributed by atoms with Crippen molar-refractivity contribution in [1.82, 2.24) is 15.3 Å². The summed E-state index contributed by atoms with van der Waals surface area (Å²) in [6.45, 7) is 0.253. The van der Waals surface area contributed by atoms with Gasteiger partial charge in [0, 0.05) is 12.7 Å². The SMILES string of the molecule is N#Cc1ccccc1Nc1nccc(C(=O)NCc2ccc(F)cc2)n1. The highest BCUT2D eigenvalue weighted by atomic mass is 19.1.